The van der Waals surface area contributed by atoms with E-state index >= 15 is 0 Å². The number of carbonyl (C=O) groups is 3. The third kappa shape index (κ3) is 6.04. The van der Waals surface area contributed by atoms with Gasteiger partial charge in [0.25, 0.3) is 5.91 Å². The van der Waals surface area contributed by atoms with Crippen LogP contribution in [0.5, 0.6) is 5.75 Å². The lowest BCUT2D eigenvalue weighted by atomic mass is 10.1. The Balaban J connectivity index is 1.70. The molecule has 0 spiro atoms. The number of hydrogen-bond acceptors (Lipinski definition) is 7. The molecule has 26 heavy (non-hydrogen) atoms. The number of Topliss-reactive ketones (excluding diaryl/α,β-unsaturated/α-hetero) is 1. The predicted molar refractivity (Wildman–Crippen MR) is 92.0 cm³/mol. The maximum Gasteiger partial charge on any atom is 0.306 e. The van der Waals surface area contributed by atoms with Gasteiger partial charge in [-0.15, -0.1) is 0 Å². The van der Waals surface area contributed by atoms with E-state index in [1.54, 1.807) is 31.2 Å². The van der Waals surface area contributed by atoms with Gasteiger partial charge in [-0.3, -0.25) is 14.4 Å². The van der Waals surface area contributed by atoms with E-state index in [1.165, 1.54) is 6.07 Å². The van der Waals surface area contributed by atoms with Gasteiger partial charge in [0.15, 0.2) is 18.2 Å². The summed E-state index contributed by atoms with van der Waals surface area (Å²) in [7, 11) is 0. The molecule has 0 unspecified atom stereocenters. The molecule has 138 valence electrons. The highest BCUT2D eigenvalue weighted by molar-refractivity contribution is 5.98. The molecule has 0 aliphatic carbocycles. The van der Waals surface area contributed by atoms with Crippen molar-refractivity contribution in [3.05, 3.63) is 41.7 Å². The molecule has 1 N–H and O–H groups in total. The number of esters is 1. The highest BCUT2D eigenvalue weighted by atomic mass is 16.5. The average molecular weight is 360 g/mol. The molecule has 0 aliphatic rings. The first-order valence-corrected chi connectivity index (χ1v) is 8.12. The van der Waals surface area contributed by atoms with Crippen LogP contribution in [0.1, 0.15) is 35.9 Å². The van der Waals surface area contributed by atoms with E-state index in [1.807, 2.05) is 6.92 Å². The van der Waals surface area contributed by atoms with Crippen LogP contribution in [0.15, 0.2) is 34.9 Å². The quantitative estimate of drug-likeness (QED) is 0.541. The van der Waals surface area contributed by atoms with Gasteiger partial charge in [-0.1, -0.05) is 5.16 Å². The number of ether oxygens (including phenoxy) is 2. The molecule has 1 aromatic carbocycles. The van der Waals surface area contributed by atoms with Crippen LogP contribution < -0.4 is 10.1 Å². The van der Waals surface area contributed by atoms with Crippen molar-refractivity contribution in [2.45, 2.75) is 26.7 Å². The van der Waals surface area contributed by atoms with Crippen LogP contribution >= 0.6 is 0 Å². The first-order chi connectivity index (χ1) is 12.5. The summed E-state index contributed by atoms with van der Waals surface area (Å²) in [6.45, 7) is 3.65. The van der Waals surface area contributed by atoms with Gasteiger partial charge in [0.1, 0.15) is 11.5 Å². The highest BCUT2D eigenvalue weighted by Crippen LogP contribution is 2.14. The lowest BCUT2D eigenvalue weighted by Crippen LogP contribution is -2.21. The first-order valence-electron chi connectivity index (χ1n) is 8.12. The van der Waals surface area contributed by atoms with Crippen molar-refractivity contribution in [3.8, 4) is 5.75 Å². The van der Waals surface area contributed by atoms with Gasteiger partial charge in [0.2, 0.25) is 0 Å². The van der Waals surface area contributed by atoms with E-state index in [0.717, 1.165) is 0 Å². The molecular formula is C18H20N2O6. The van der Waals surface area contributed by atoms with E-state index in [4.69, 9.17) is 14.0 Å². The van der Waals surface area contributed by atoms with Crippen LogP contribution in [-0.2, 0) is 14.3 Å². The first kappa shape index (κ1) is 19.2. The number of nitrogens with zero attached hydrogens (tertiary/aromatic N) is 1. The molecule has 1 heterocycles. The Labute approximate surface area is 150 Å². The monoisotopic (exact) mass is 360 g/mol. The molecule has 0 fully saturated rings. The third-order valence-corrected chi connectivity index (χ3v) is 3.30. The molecule has 8 nitrogen and oxygen atoms in total. The fourth-order valence-corrected chi connectivity index (χ4v) is 2.09. The Kier molecular flexibility index (Phi) is 6.90. The van der Waals surface area contributed by atoms with E-state index in [0.29, 0.717) is 23.7 Å². The summed E-state index contributed by atoms with van der Waals surface area (Å²) in [5, 5.41) is 6.02. The van der Waals surface area contributed by atoms with Crippen LogP contribution in [0.4, 0.5) is 5.82 Å². The number of aryl methyl sites for hydroxylation is 1. The second-order valence-corrected chi connectivity index (χ2v) is 5.41. The highest BCUT2D eigenvalue weighted by Gasteiger charge is 2.13. The molecule has 0 atom stereocenters. The van der Waals surface area contributed by atoms with Gasteiger partial charge >= 0.3 is 5.97 Å². The van der Waals surface area contributed by atoms with Crippen molar-refractivity contribution in [2.75, 3.05) is 18.5 Å². The summed E-state index contributed by atoms with van der Waals surface area (Å²) < 4.78 is 14.9. The summed E-state index contributed by atoms with van der Waals surface area (Å²) in [6.07, 6.45) is -0.112. The normalized spacial score (nSPS) is 10.2. The Morgan fingerprint density at radius 1 is 1.15 bits per heavy atom. The molecule has 0 bridgehead atoms. The minimum Gasteiger partial charge on any atom is -0.494 e. The van der Waals surface area contributed by atoms with E-state index in [2.05, 4.69) is 10.5 Å². The van der Waals surface area contributed by atoms with Crippen molar-refractivity contribution in [1.29, 1.82) is 0 Å². The smallest absolute Gasteiger partial charge is 0.306 e. The maximum absolute atomic E-state index is 12.1. The maximum atomic E-state index is 12.1. The Bertz CT molecular complexity index is 766. The van der Waals surface area contributed by atoms with Crippen molar-refractivity contribution in [3.63, 3.8) is 0 Å². The molecule has 1 amide bonds. The van der Waals surface area contributed by atoms with Crippen molar-refractivity contribution in [2.24, 2.45) is 0 Å². The second-order valence-electron chi connectivity index (χ2n) is 5.41. The van der Waals surface area contributed by atoms with Gasteiger partial charge in [-0.2, -0.15) is 0 Å². The number of carbonyl (C=O) groups excluding carboxylic acids is 3. The predicted octanol–water partition coefficient (Wildman–Crippen LogP) is 2.53. The zero-order chi connectivity index (χ0) is 18.9. The molecule has 1 aromatic heterocycles. The van der Waals surface area contributed by atoms with Crippen molar-refractivity contribution >= 4 is 23.5 Å². The number of nitrogens with one attached hydrogen (secondary N) is 1. The number of amides is 1. The van der Waals surface area contributed by atoms with Crippen LogP contribution in [-0.4, -0.2) is 36.0 Å². The van der Waals surface area contributed by atoms with Crippen LogP contribution in [0, 0.1) is 6.92 Å². The van der Waals surface area contributed by atoms with Gasteiger partial charge in [-0.25, -0.2) is 0 Å². The minimum absolute atomic E-state index is 0.00306. The number of anilines is 1. The largest absolute Gasteiger partial charge is 0.494 e. The van der Waals surface area contributed by atoms with Gasteiger partial charge < -0.3 is 19.3 Å². The molecule has 2 aromatic rings. The molecule has 0 radical (unpaired) electrons. The van der Waals surface area contributed by atoms with Crippen molar-refractivity contribution in [1.82, 2.24) is 5.16 Å². The number of hydrogen-bond donors (Lipinski definition) is 1. The molecule has 2 rings (SSSR count). The lowest BCUT2D eigenvalue weighted by molar-refractivity contribution is -0.147. The van der Waals surface area contributed by atoms with Crippen LogP contribution in [0.3, 0.4) is 0 Å². The zero-order valence-electron chi connectivity index (χ0n) is 14.6. The summed E-state index contributed by atoms with van der Waals surface area (Å²) in [5.74, 6) is 0.115. The Morgan fingerprint density at radius 3 is 2.50 bits per heavy atom. The van der Waals surface area contributed by atoms with E-state index < -0.39 is 18.5 Å². The molecule has 0 aliphatic heterocycles. The van der Waals surface area contributed by atoms with Gasteiger partial charge in [0, 0.05) is 18.1 Å². The van der Waals surface area contributed by atoms with Crippen LogP contribution in [0.25, 0.3) is 0 Å². The zero-order valence-corrected chi connectivity index (χ0v) is 14.6. The second kappa shape index (κ2) is 9.36. The lowest BCUT2D eigenvalue weighted by Gasteiger charge is -2.06. The fourth-order valence-electron chi connectivity index (χ4n) is 2.09. The number of aromatic nitrogens is 1. The summed E-state index contributed by atoms with van der Waals surface area (Å²) in [5.41, 5.74) is 0.486. The third-order valence-electron chi connectivity index (χ3n) is 3.30. The molecule has 0 saturated carbocycles. The standard InChI is InChI=1S/C18H20N2O6/c1-3-24-14-6-4-13(5-7-14)15(21)8-9-18(23)25-11-17(22)19-16-10-12(2)26-20-16/h4-7,10H,3,8-9,11H2,1-2H3,(H,19,20,22). The topological polar surface area (TPSA) is 108 Å². The summed E-state index contributed by atoms with van der Waals surface area (Å²) >= 11 is 0. The number of ketones is 1. The molecule has 0 saturated heterocycles. The van der Waals surface area contributed by atoms with Gasteiger partial charge in [-0.05, 0) is 38.1 Å². The van der Waals surface area contributed by atoms with Crippen molar-refractivity contribution < 1.29 is 28.4 Å². The Morgan fingerprint density at radius 2 is 1.88 bits per heavy atom. The average Bonchev–Trinajstić information content (AvgIpc) is 3.03. The number of benzene rings is 1. The Hall–Kier alpha value is -3.16. The van der Waals surface area contributed by atoms with E-state index in [9.17, 15) is 14.4 Å². The summed E-state index contributed by atoms with van der Waals surface area (Å²) in [6, 6.07) is 8.23. The van der Waals surface area contributed by atoms with Crippen LogP contribution in [0.2, 0.25) is 0 Å². The SMILES string of the molecule is CCOc1ccc(C(=O)CCC(=O)OCC(=O)Nc2cc(C)on2)cc1. The molecular weight excluding hydrogens is 340 g/mol. The van der Waals surface area contributed by atoms with Gasteiger partial charge in [0.05, 0.1) is 13.0 Å². The summed E-state index contributed by atoms with van der Waals surface area (Å²) in [4.78, 5) is 35.3. The minimum atomic E-state index is -0.629. The van der Waals surface area contributed by atoms with E-state index in [-0.39, 0.29) is 24.4 Å². The fraction of sp³-hybridized carbons (Fsp3) is 0.333. The molecule has 8 heteroatoms. The number of rotatable bonds is 9.